The summed E-state index contributed by atoms with van der Waals surface area (Å²) in [5.41, 5.74) is 6.26. The first-order valence-electron chi connectivity index (χ1n) is 5.84. The van der Waals surface area contributed by atoms with Gasteiger partial charge in [-0.15, -0.1) is 0 Å². The number of hydrogen-bond acceptors (Lipinski definition) is 4. The zero-order chi connectivity index (χ0) is 13.7. The van der Waals surface area contributed by atoms with Gasteiger partial charge in [0.15, 0.2) is 0 Å². The molecule has 0 amide bonds. The second-order valence-corrected chi connectivity index (χ2v) is 5.54. The van der Waals surface area contributed by atoms with Crippen molar-refractivity contribution in [1.82, 2.24) is 0 Å². The number of halogens is 1. The molecular formula is C12H18BrN3O2. The Balaban J connectivity index is 2.93. The van der Waals surface area contributed by atoms with Crippen LogP contribution in [0.4, 0.5) is 11.4 Å². The zero-order valence-corrected chi connectivity index (χ0v) is 12.1. The molecule has 0 fully saturated rings. The van der Waals surface area contributed by atoms with Gasteiger partial charge in [-0.05, 0) is 24.5 Å². The molecule has 0 aliphatic carbocycles. The molecule has 0 heterocycles. The van der Waals surface area contributed by atoms with Crippen molar-refractivity contribution in [2.45, 2.75) is 26.3 Å². The molecule has 0 aliphatic rings. The van der Waals surface area contributed by atoms with Crippen LogP contribution in [-0.2, 0) is 0 Å². The third-order valence-electron chi connectivity index (χ3n) is 2.56. The maximum Gasteiger partial charge on any atom is 0.292 e. The lowest BCUT2D eigenvalue weighted by molar-refractivity contribution is -0.384. The topological polar surface area (TPSA) is 81.2 Å². The number of anilines is 1. The largest absolute Gasteiger partial charge is 0.375 e. The van der Waals surface area contributed by atoms with E-state index in [1.165, 1.54) is 6.07 Å². The predicted molar refractivity (Wildman–Crippen MR) is 76.7 cm³/mol. The number of nitrogens with one attached hydrogen (secondary N) is 1. The summed E-state index contributed by atoms with van der Waals surface area (Å²) in [6.45, 7) is 4.64. The summed E-state index contributed by atoms with van der Waals surface area (Å²) in [6.07, 6.45) is 0.875. The number of nitro groups is 1. The highest BCUT2D eigenvalue weighted by Crippen LogP contribution is 2.28. The smallest absolute Gasteiger partial charge is 0.292 e. The fourth-order valence-electron chi connectivity index (χ4n) is 1.79. The zero-order valence-electron chi connectivity index (χ0n) is 10.5. The maximum atomic E-state index is 10.9. The molecule has 1 aromatic rings. The molecule has 0 saturated carbocycles. The molecule has 5 nitrogen and oxygen atoms in total. The van der Waals surface area contributed by atoms with Crippen LogP contribution >= 0.6 is 15.9 Å². The summed E-state index contributed by atoms with van der Waals surface area (Å²) in [4.78, 5) is 10.6. The Hall–Kier alpha value is -1.14. The molecule has 0 aromatic heterocycles. The molecule has 1 unspecified atom stereocenters. The van der Waals surface area contributed by atoms with E-state index in [2.05, 4.69) is 35.1 Å². The molecule has 0 spiro atoms. The molecule has 18 heavy (non-hydrogen) atoms. The molecule has 6 heteroatoms. The lowest BCUT2D eigenvalue weighted by Crippen LogP contribution is -2.30. The van der Waals surface area contributed by atoms with E-state index < -0.39 is 4.92 Å². The van der Waals surface area contributed by atoms with Gasteiger partial charge in [0, 0.05) is 23.1 Å². The van der Waals surface area contributed by atoms with Gasteiger partial charge in [0.25, 0.3) is 5.69 Å². The van der Waals surface area contributed by atoms with Gasteiger partial charge in [-0.1, -0.05) is 29.8 Å². The van der Waals surface area contributed by atoms with Crippen molar-refractivity contribution in [3.8, 4) is 0 Å². The Kier molecular flexibility index (Phi) is 5.55. The van der Waals surface area contributed by atoms with E-state index >= 15 is 0 Å². The van der Waals surface area contributed by atoms with Crippen LogP contribution in [0.5, 0.6) is 0 Å². The SMILES string of the molecule is CC(C)CC(CN)Nc1cc(Br)ccc1[N+](=O)[O-]. The molecule has 1 rings (SSSR count). The molecule has 0 saturated heterocycles. The number of nitro benzene ring substituents is 1. The molecular weight excluding hydrogens is 298 g/mol. The van der Waals surface area contributed by atoms with E-state index in [0.717, 1.165) is 10.9 Å². The van der Waals surface area contributed by atoms with Crippen molar-refractivity contribution in [3.63, 3.8) is 0 Å². The summed E-state index contributed by atoms with van der Waals surface area (Å²) in [6, 6.07) is 4.89. The summed E-state index contributed by atoms with van der Waals surface area (Å²) in [5.74, 6) is 0.484. The Labute approximate surface area is 115 Å². The van der Waals surface area contributed by atoms with Crippen LogP contribution < -0.4 is 11.1 Å². The van der Waals surface area contributed by atoms with Crippen LogP contribution in [0.15, 0.2) is 22.7 Å². The first-order valence-corrected chi connectivity index (χ1v) is 6.64. The summed E-state index contributed by atoms with van der Waals surface area (Å²) >= 11 is 3.31. The van der Waals surface area contributed by atoms with Crippen LogP contribution in [0, 0.1) is 16.0 Å². The molecule has 0 bridgehead atoms. The average Bonchev–Trinajstić information content (AvgIpc) is 2.27. The first-order chi connectivity index (χ1) is 8.43. The fraction of sp³-hybridized carbons (Fsp3) is 0.500. The average molecular weight is 316 g/mol. The lowest BCUT2D eigenvalue weighted by Gasteiger charge is -2.20. The van der Waals surface area contributed by atoms with Gasteiger partial charge < -0.3 is 11.1 Å². The van der Waals surface area contributed by atoms with Crippen molar-refractivity contribution >= 4 is 27.3 Å². The normalized spacial score (nSPS) is 12.5. The fourth-order valence-corrected chi connectivity index (χ4v) is 2.15. The van der Waals surface area contributed by atoms with Gasteiger partial charge in [0.05, 0.1) is 4.92 Å². The quantitative estimate of drug-likeness (QED) is 0.624. The van der Waals surface area contributed by atoms with Gasteiger partial charge in [-0.2, -0.15) is 0 Å². The van der Waals surface area contributed by atoms with Crippen molar-refractivity contribution < 1.29 is 4.92 Å². The number of nitrogens with zero attached hydrogens (tertiary/aromatic N) is 1. The van der Waals surface area contributed by atoms with Crippen molar-refractivity contribution in [1.29, 1.82) is 0 Å². The van der Waals surface area contributed by atoms with Gasteiger partial charge in [-0.3, -0.25) is 10.1 Å². The minimum Gasteiger partial charge on any atom is -0.375 e. The highest BCUT2D eigenvalue weighted by Gasteiger charge is 2.17. The summed E-state index contributed by atoms with van der Waals surface area (Å²) in [7, 11) is 0. The second-order valence-electron chi connectivity index (χ2n) is 4.63. The third kappa shape index (κ3) is 4.27. The monoisotopic (exact) mass is 315 g/mol. The molecule has 0 radical (unpaired) electrons. The van der Waals surface area contributed by atoms with Crippen LogP contribution in [0.25, 0.3) is 0 Å². The van der Waals surface area contributed by atoms with E-state index in [-0.39, 0.29) is 11.7 Å². The van der Waals surface area contributed by atoms with E-state index in [0.29, 0.717) is 18.2 Å². The third-order valence-corrected chi connectivity index (χ3v) is 3.05. The van der Waals surface area contributed by atoms with Gasteiger partial charge in [0.1, 0.15) is 5.69 Å². The number of hydrogen-bond donors (Lipinski definition) is 2. The van der Waals surface area contributed by atoms with Gasteiger partial charge >= 0.3 is 0 Å². The van der Waals surface area contributed by atoms with E-state index in [1.807, 2.05) is 0 Å². The Morgan fingerprint density at radius 2 is 2.17 bits per heavy atom. The van der Waals surface area contributed by atoms with Crippen LogP contribution in [0.3, 0.4) is 0 Å². The Bertz CT molecular complexity index is 424. The number of nitrogens with two attached hydrogens (primary N) is 1. The Morgan fingerprint density at radius 3 is 2.67 bits per heavy atom. The Morgan fingerprint density at radius 1 is 1.50 bits per heavy atom. The van der Waals surface area contributed by atoms with Crippen LogP contribution in [0.1, 0.15) is 20.3 Å². The van der Waals surface area contributed by atoms with Gasteiger partial charge in [-0.25, -0.2) is 0 Å². The molecule has 100 valence electrons. The lowest BCUT2D eigenvalue weighted by atomic mass is 10.0. The first kappa shape index (κ1) is 14.9. The molecule has 3 N–H and O–H groups in total. The van der Waals surface area contributed by atoms with Gasteiger partial charge in [0.2, 0.25) is 0 Å². The molecule has 1 aromatic carbocycles. The van der Waals surface area contributed by atoms with Crippen molar-refractivity contribution in [2.75, 3.05) is 11.9 Å². The number of benzene rings is 1. The standard InChI is InChI=1S/C12H18BrN3O2/c1-8(2)5-10(7-14)15-11-6-9(13)3-4-12(11)16(17)18/h3-4,6,8,10,15H,5,7,14H2,1-2H3. The maximum absolute atomic E-state index is 10.9. The van der Waals surface area contributed by atoms with Crippen molar-refractivity contribution in [2.24, 2.45) is 11.7 Å². The summed E-state index contributed by atoms with van der Waals surface area (Å²) in [5, 5.41) is 14.1. The number of rotatable bonds is 6. The highest BCUT2D eigenvalue weighted by molar-refractivity contribution is 9.10. The summed E-state index contributed by atoms with van der Waals surface area (Å²) < 4.78 is 0.802. The second kappa shape index (κ2) is 6.70. The molecule has 1 atom stereocenters. The molecule has 0 aliphatic heterocycles. The van der Waals surface area contributed by atoms with Crippen molar-refractivity contribution in [3.05, 3.63) is 32.8 Å². The van der Waals surface area contributed by atoms with E-state index in [1.54, 1.807) is 12.1 Å². The highest BCUT2D eigenvalue weighted by atomic mass is 79.9. The van der Waals surface area contributed by atoms with Crippen LogP contribution in [-0.4, -0.2) is 17.5 Å². The van der Waals surface area contributed by atoms with Crippen LogP contribution in [0.2, 0.25) is 0 Å². The van der Waals surface area contributed by atoms with E-state index in [9.17, 15) is 10.1 Å². The minimum absolute atomic E-state index is 0.0398. The minimum atomic E-state index is -0.391. The predicted octanol–water partition coefficient (Wildman–Crippen LogP) is 3.14. The van der Waals surface area contributed by atoms with E-state index in [4.69, 9.17) is 5.73 Å².